The van der Waals surface area contributed by atoms with E-state index in [1.54, 1.807) is 0 Å². The Balaban J connectivity index is 2.14. The Morgan fingerprint density at radius 3 is 2.58 bits per heavy atom. The van der Waals surface area contributed by atoms with Gasteiger partial charge in [0.1, 0.15) is 0 Å². The van der Waals surface area contributed by atoms with E-state index in [2.05, 4.69) is 17.7 Å². The summed E-state index contributed by atoms with van der Waals surface area (Å²) < 4.78 is 6.10. The SMILES string of the molecule is COC1C(C)SSC12CCCC2. The molecule has 0 aromatic heterocycles. The van der Waals surface area contributed by atoms with Gasteiger partial charge in [0.15, 0.2) is 0 Å². The predicted molar refractivity (Wildman–Crippen MR) is 56.6 cm³/mol. The van der Waals surface area contributed by atoms with Crippen molar-refractivity contribution in [1.82, 2.24) is 0 Å². The molecule has 12 heavy (non-hydrogen) atoms. The minimum Gasteiger partial charge on any atom is -0.379 e. The van der Waals surface area contributed by atoms with E-state index in [1.807, 2.05) is 17.9 Å². The molecule has 0 bridgehead atoms. The second kappa shape index (κ2) is 3.43. The summed E-state index contributed by atoms with van der Waals surface area (Å²) in [6.45, 7) is 2.29. The number of rotatable bonds is 1. The molecular weight excluding hydrogens is 188 g/mol. The lowest BCUT2D eigenvalue weighted by molar-refractivity contribution is 0.0737. The van der Waals surface area contributed by atoms with Crippen molar-refractivity contribution >= 4 is 21.6 Å². The first-order chi connectivity index (χ1) is 5.78. The number of hydrogen-bond donors (Lipinski definition) is 0. The first-order valence-corrected chi connectivity index (χ1v) is 6.87. The van der Waals surface area contributed by atoms with Crippen LogP contribution in [0.5, 0.6) is 0 Å². The lowest BCUT2D eigenvalue weighted by Crippen LogP contribution is -2.38. The molecule has 0 N–H and O–H groups in total. The molecule has 0 radical (unpaired) electrons. The lowest BCUT2D eigenvalue weighted by Gasteiger charge is -2.29. The summed E-state index contributed by atoms with van der Waals surface area (Å²) in [6, 6.07) is 0. The van der Waals surface area contributed by atoms with Gasteiger partial charge in [-0.2, -0.15) is 0 Å². The van der Waals surface area contributed by atoms with Gasteiger partial charge in [-0.3, -0.25) is 0 Å². The average Bonchev–Trinajstić information content (AvgIpc) is 2.63. The zero-order valence-electron chi connectivity index (χ0n) is 7.71. The highest BCUT2D eigenvalue weighted by Crippen LogP contribution is 2.59. The molecule has 2 fully saturated rings. The van der Waals surface area contributed by atoms with Crippen molar-refractivity contribution in [1.29, 1.82) is 0 Å². The Kier molecular flexibility index (Phi) is 2.64. The maximum Gasteiger partial charge on any atom is 0.0850 e. The molecule has 1 aliphatic heterocycles. The minimum absolute atomic E-state index is 0.485. The first-order valence-electron chi connectivity index (χ1n) is 4.66. The molecule has 1 aliphatic carbocycles. The summed E-state index contributed by atoms with van der Waals surface area (Å²) in [5.41, 5.74) is 0. The molecule has 2 aliphatic rings. The molecule has 1 spiro atoms. The molecule has 1 heterocycles. The number of hydrogen-bond acceptors (Lipinski definition) is 3. The molecule has 0 amide bonds. The van der Waals surface area contributed by atoms with Gasteiger partial charge < -0.3 is 4.74 Å². The van der Waals surface area contributed by atoms with E-state index in [1.165, 1.54) is 25.7 Å². The largest absolute Gasteiger partial charge is 0.379 e. The van der Waals surface area contributed by atoms with Gasteiger partial charge in [0.05, 0.1) is 10.9 Å². The Morgan fingerprint density at radius 2 is 2.00 bits per heavy atom. The van der Waals surface area contributed by atoms with Gasteiger partial charge in [-0.05, 0) is 19.8 Å². The molecule has 2 atom stereocenters. The smallest absolute Gasteiger partial charge is 0.0850 e. The first kappa shape index (κ1) is 9.22. The topological polar surface area (TPSA) is 9.23 Å². The summed E-state index contributed by atoms with van der Waals surface area (Å²) in [4.78, 5) is 0. The van der Waals surface area contributed by atoms with Crippen LogP contribution in [0.1, 0.15) is 32.6 Å². The summed E-state index contributed by atoms with van der Waals surface area (Å²) in [7, 11) is 5.97. The Morgan fingerprint density at radius 1 is 1.33 bits per heavy atom. The van der Waals surface area contributed by atoms with Gasteiger partial charge in [0.25, 0.3) is 0 Å². The van der Waals surface area contributed by atoms with Crippen LogP contribution >= 0.6 is 21.6 Å². The highest BCUT2D eigenvalue weighted by Gasteiger charge is 2.50. The molecule has 1 saturated carbocycles. The van der Waals surface area contributed by atoms with Crippen molar-refractivity contribution in [2.45, 2.75) is 48.7 Å². The quantitative estimate of drug-likeness (QED) is 0.607. The molecule has 0 aromatic rings. The maximum absolute atomic E-state index is 5.62. The fourth-order valence-corrected chi connectivity index (χ4v) is 6.32. The van der Waals surface area contributed by atoms with Crippen LogP contribution in [0.2, 0.25) is 0 Å². The fraction of sp³-hybridized carbons (Fsp3) is 1.00. The lowest BCUT2D eigenvalue weighted by atomic mass is 9.97. The maximum atomic E-state index is 5.62. The summed E-state index contributed by atoms with van der Waals surface area (Å²) in [5.74, 6) is 0. The normalized spacial score (nSPS) is 39.5. The summed E-state index contributed by atoms with van der Waals surface area (Å²) >= 11 is 0. The van der Waals surface area contributed by atoms with Crippen molar-refractivity contribution in [3.8, 4) is 0 Å². The van der Waals surface area contributed by atoms with E-state index in [0.29, 0.717) is 16.1 Å². The molecule has 0 aromatic carbocycles. The van der Waals surface area contributed by atoms with Crippen LogP contribution in [0.25, 0.3) is 0 Å². The average molecular weight is 204 g/mol. The number of methoxy groups -OCH3 is 1. The third-order valence-electron chi connectivity index (χ3n) is 3.01. The molecule has 1 nitrogen and oxygen atoms in total. The van der Waals surface area contributed by atoms with E-state index in [0.717, 1.165) is 0 Å². The van der Waals surface area contributed by atoms with Crippen LogP contribution in [0.15, 0.2) is 0 Å². The van der Waals surface area contributed by atoms with Gasteiger partial charge in [0.2, 0.25) is 0 Å². The van der Waals surface area contributed by atoms with Crippen LogP contribution < -0.4 is 0 Å². The van der Waals surface area contributed by atoms with E-state index < -0.39 is 0 Å². The zero-order valence-corrected chi connectivity index (χ0v) is 9.34. The van der Waals surface area contributed by atoms with Gasteiger partial charge in [-0.15, -0.1) is 0 Å². The standard InChI is InChI=1S/C9H16OS2/c1-7-8(10-2)9(12-11-7)5-3-4-6-9/h7-8H,3-6H2,1-2H3. The van der Waals surface area contributed by atoms with E-state index in [4.69, 9.17) is 4.74 Å². The van der Waals surface area contributed by atoms with Crippen molar-refractivity contribution in [2.75, 3.05) is 7.11 Å². The molecule has 2 unspecified atom stereocenters. The Bertz CT molecular complexity index is 166. The van der Waals surface area contributed by atoms with Crippen LogP contribution in [0.3, 0.4) is 0 Å². The molecular formula is C9H16OS2. The van der Waals surface area contributed by atoms with Gasteiger partial charge in [0, 0.05) is 12.4 Å². The molecule has 3 heteroatoms. The van der Waals surface area contributed by atoms with Gasteiger partial charge in [-0.1, -0.05) is 34.4 Å². The second-order valence-corrected chi connectivity index (χ2v) is 6.81. The minimum atomic E-state index is 0.485. The monoisotopic (exact) mass is 204 g/mol. The number of ether oxygens (including phenoxy) is 1. The van der Waals surface area contributed by atoms with Crippen molar-refractivity contribution in [3.63, 3.8) is 0 Å². The van der Waals surface area contributed by atoms with Crippen molar-refractivity contribution in [2.24, 2.45) is 0 Å². The van der Waals surface area contributed by atoms with Crippen LogP contribution in [-0.2, 0) is 4.74 Å². The van der Waals surface area contributed by atoms with Gasteiger partial charge in [-0.25, -0.2) is 0 Å². The highest BCUT2D eigenvalue weighted by molar-refractivity contribution is 8.77. The van der Waals surface area contributed by atoms with E-state index in [-0.39, 0.29) is 0 Å². The second-order valence-electron chi connectivity index (χ2n) is 3.81. The third kappa shape index (κ3) is 1.30. The fourth-order valence-electron chi connectivity index (χ4n) is 2.45. The molecule has 1 saturated heterocycles. The molecule has 70 valence electrons. The van der Waals surface area contributed by atoms with Crippen molar-refractivity contribution in [3.05, 3.63) is 0 Å². The Hall–Kier alpha value is 0.660. The summed E-state index contributed by atoms with van der Waals surface area (Å²) in [5, 5.41) is 0.679. The van der Waals surface area contributed by atoms with Gasteiger partial charge >= 0.3 is 0 Å². The zero-order chi connectivity index (χ0) is 8.60. The highest BCUT2D eigenvalue weighted by atomic mass is 33.1. The van der Waals surface area contributed by atoms with E-state index >= 15 is 0 Å². The predicted octanol–water partition coefficient (Wildman–Crippen LogP) is 3.10. The van der Waals surface area contributed by atoms with Crippen LogP contribution in [0.4, 0.5) is 0 Å². The Labute approximate surface area is 82.4 Å². The van der Waals surface area contributed by atoms with Crippen LogP contribution in [-0.4, -0.2) is 23.2 Å². The third-order valence-corrected chi connectivity index (χ3v) is 6.83. The van der Waals surface area contributed by atoms with Crippen molar-refractivity contribution < 1.29 is 4.74 Å². The molecule has 2 rings (SSSR count). The van der Waals surface area contributed by atoms with E-state index in [9.17, 15) is 0 Å². The van der Waals surface area contributed by atoms with Crippen LogP contribution in [0, 0.1) is 0 Å². The summed E-state index contributed by atoms with van der Waals surface area (Å²) in [6.07, 6.45) is 6.04.